The van der Waals surface area contributed by atoms with Gasteiger partial charge in [-0.15, -0.1) is 0 Å². The van der Waals surface area contributed by atoms with Crippen molar-refractivity contribution in [2.24, 2.45) is 0 Å². The molecule has 2 heterocycles. The predicted molar refractivity (Wildman–Crippen MR) is 123 cm³/mol. The second kappa shape index (κ2) is 11.0. The predicted octanol–water partition coefficient (Wildman–Crippen LogP) is 0.835. The van der Waals surface area contributed by atoms with Gasteiger partial charge in [-0.2, -0.15) is 0 Å². The summed E-state index contributed by atoms with van der Waals surface area (Å²) in [4.78, 5) is 0. The zero-order chi connectivity index (χ0) is 25.1. The molecule has 2 aliphatic rings. The van der Waals surface area contributed by atoms with E-state index in [1.165, 1.54) is 14.2 Å². The number of hydrogen-bond donors (Lipinski definition) is 5. The lowest BCUT2D eigenvalue weighted by Crippen LogP contribution is -2.60. The molecule has 1 fully saturated rings. The summed E-state index contributed by atoms with van der Waals surface area (Å²) in [6.45, 7) is -0.574. The molecule has 10 nitrogen and oxygen atoms in total. The first kappa shape index (κ1) is 25.5. The Morgan fingerprint density at radius 3 is 2.54 bits per heavy atom. The maximum absolute atomic E-state index is 10.6. The molecule has 6 atom stereocenters. The number of ether oxygens (including phenoxy) is 5. The Bertz CT molecular complexity index is 1010. The Morgan fingerprint density at radius 2 is 1.86 bits per heavy atom. The van der Waals surface area contributed by atoms with Crippen LogP contribution in [0, 0.1) is 0 Å². The van der Waals surface area contributed by atoms with Gasteiger partial charge in [0.25, 0.3) is 0 Å². The highest BCUT2D eigenvalue weighted by molar-refractivity contribution is 5.52. The highest BCUT2D eigenvalue weighted by atomic mass is 16.7. The number of aliphatic hydroxyl groups excluding tert-OH is 4. The highest BCUT2D eigenvalue weighted by Crippen LogP contribution is 2.44. The van der Waals surface area contributed by atoms with Crippen molar-refractivity contribution < 1.29 is 49.2 Å². The lowest BCUT2D eigenvalue weighted by atomic mass is 9.94. The van der Waals surface area contributed by atoms with Crippen LogP contribution in [0.25, 0.3) is 0 Å². The van der Waals surface area contributed by atoms with Crippen LogP contribution < -0.4 is 14.2 Å². The topological polar surface area (TPSA) is 147 Å². The fourth-order valence-electron chi connectivity index (χ4n) is 4.65. The molecule has 0 aromatic heterocycles. The fourth-order valence-corrected chi connectivity index (χ4v) is 4.65. The molecule has 0 spiro atoms. The molecule has 5 N–H and O–H groups in total. The smallest absolute Gasteiger partial charge is 0.229 e. The van der Waals surface area contributed by atoms with Crippen LogP contribution in [0.4, 0.5) is 0 Å². The van der Waals surface area contributed by atoms with Crippen LogP contribution in [-0.2, 0) is 22.3 Å². The number of methoxy groups -OCH3 is 2. The quantitative estimate of drug-likeness (QED) is 0.359. The summed E-state index contributed by atoms with van der Waals surface area (Å²) in [7, 11) is 2.87. The second-order valence-corrected chi connectivity index (χ2v) is 8.60. The number of aryl methyl sites for hydroxylation is 1. The number of hydrogen-bond acceptors (Lipinski definition) is 10. The molecule has 0 saturated carbocycles. The summed E-state index contributed by atoms with van der Waals surface area (Å²) in [6.07, 6.45) is -4.83. The minimum Gasteiger partial charge on any atom is -0.508 e. The van der Waals surface area contributed by atoms with E-state index in [-0.39, 0.29) is 18.8 Å². The second-order valence-electron chi connectivity index (χ2n) is 8.60. The summed E-state index contributed by atoms with van der Waals surface area (Å²) >= 11 is 0. The number of aromatic hydroxyl groups is 1. The normalized spacial score (nSPS) is 28.2. The van der Waals surface area contributed by atoms with E-state index in [0.29, 0.717) is 41.2 Å². The van der Waals surface area contributed by atoms with E-state index in [9.17, 15) is 25.5 Å². The SMILES string of the molecule is COc1ccc([C@@H]2CCc3ccc(O)c(CCO)c3O2)c(O[C@@H]2O[C@H](CO)[C@@H](OC)[C@H](O)[C@H]2O)c1. The van der Waals surface area contributed by atoms with Crippen LogP contribution in [0.15, 0.2) is 30.3 Å². The van der Waals surface area contributed by atoms with Crippen LogP contribution in [0.1, 0.15) is 29.2 Å². The van der Waals surface area contributed by atoms with Gasteiger partial charge in [-0.3, -0.25) is 0 Å². The van der Waals surface area contributed by atoms with Crippen molar-refractivity contribution in [1.82, 2.24) is 0 Å². The third-order valence-electron chi connectivity index (χ3n) is 6.52. The Morgan fingerprint density at radius 1 is 1.06 bits per heavy atom. The molecule has 0 radical (unpaired) electrons. The Labute approximate surface area is 203 Å². The van der Waals surface area contributed by atoms with E-state index in [1.54, 1.807) is 24.3 Å². The van der Waals surface area contributed by atoms with Gasteiger partial charge in [-0.25, -0.2) is 0 Å². The zero-order valence-electron chi connectivity index (χ0n) is 19.7. The zero-order valence-corrected chi connectivity index (χ0v) is 19.7. The number of phenols is 1. The number of phenolic OH excluding ortho intramolecular Hbond substituents is 1. The van der Waals surface area contributed by atoms with Crippen LogP contribution in [0.3, 0.4) is 0 Å². The summed E-state index contributed by atoms with van der Waals surface area (Å²) in [6, 6.07) is 8.58. The highest BCUT2D eigenvalue weighted by Gasteiger charge is 2.46. The van der Waals surface area contributed by atoms with Crippen LogP contribution >= 0.6 is 0 Å². The van der Waals surface area contributed by atoms with Gasteiger partial charge < -0.3 is 49.2 Å². The largest absolute Gasteiger partial charge is 0.508 e. The molecule has 0 unspecified atom stereocenters. The lowest BCUT2D eigenvalue weighted by Gasteiger charge is -2.41. The van der Waals surface area contributed by atoms with Crippen LogP contribution in [0.5, 0.6) is 23.0 Å². The maximum Gasteiger partial charge on any atom is 0.229 e. The van der Waals surface area contributed by atoms with E-state index in [4.69, 9.17) is 23.7 Å². The molecule has 0 bridgehead atoms. The van der Waals surface area contributed by atoms with E-state index in [1.807, 2.05) is 6.07 Å². The molecular weight excluding hydrogens is 460 g/mol. The van der Waals surface area contributed by atoms with Gasteiger partial charge in [0, 0.05) is 37.3 Å². The fraction of sp³-hybridized carbons (Fsp3) is 0.520. The number of fused-ring (bicyclic) bond motifs is 1. The molecule has 1 saturated heterocycles. The number of rotatable bonds is 8. The Hall–Kier alpha value is -2.60. The summed E-state index contributed by atoms with van der Waals surface area (Å²) < 4.78 is 28.6. The number of aliphatic hydroxyl groups is 4. The van der Waals surface area contributed by atoms with Crippen LogP contribution in [0.2, 0.25) is 0 Å². The summed E-state index contributed by atoms with van der Waals surface area (Å²) in [5.74, 6) is 1.40. The first-order valence-corrected chi connectivity index (χ1v) is 11.5. The first-order chi connectivity index (χ1) is 16.9. The van der Waals surface area contributed by atoms with Gasteiger partial charge in [0.05, 0.1) is 13.7 Å². The third kappa shape index (κ3) is 5.04. The van der Waals surface area contributed by atoms with Crippen LogP contribution in [-0.4, -0.2) is 83.7 Å². The third-order valence-corrected chi connectivity index (χ3v) is 6.52. The Balaban J connectivity index is 1.64. The first-order valence-electron chi connectivity index (χ1n) is 11.5. The van der Waals surface area contributed by atoms with Gasteiger partial charge in [-0.1, -0.05) is 6.07 Å². The molecular formula is C25H32O10. The molecule has 0 amide bonds. The van der Waals surface area contributed by atoms with Gasteiger partial charge in [0.2, 0.25) is 6.29 Å². The van der Waals surface area contributed by atoms with Crippen molar-refractivity contribution in [1.29, 1.82) is 0 Å². The average Bonchev–Trinajstić information content (AvgIpc) is 2.88. The van der Waals surface area contributed by atoms with Crippen molar-refractivity contribution >= 4 is 0 Å². The van der Waals surface area contributed by atoms with Crippen molar-refractivity contribution in [3.63, 3.8) is 0 Å². The van der Waals surface area contributed by atoms with E-state index < -0.39 is 43.4 Å². The Kier molecular flexibility index (Phi) is 8.00. The van der Waals surface area contributed by atoms with Crippen molar-refractivity contribution in [2.75, 3.05) is 27.4 Å². The minimum absolute atomic E-state index is 0.0557. The van der Waals surface area contributed by atoms with Crippen molar-refractivity contribution in [3.05, 3.63) is 47.0 Å². The van der Waals surface area contributed by atoms with Gasteiger partial charge in [0.1, 0.15) is 53.5 Å². The summed E-state index contributed by atoms with van der Waals surface area (Å²) in [5.41, 5.74) is 2.12. The molecule has 0 aliphatic carbocycles. The van der Waals surface area contributed by atoms with E-state index in [2.05, 4.69) is 0 Å². The summed E-state index contributed by atoms with van der Waals surface area (Å²) in [5, 5.41) is 50.5. The van der Waals surface area contributed by atoms with Gasteiger partial charge in [-0.05, 0) is 36.6 Å². The molecule has 2 aromatic carbocycles. The standard InChI is InChI=1S/C25H32O10/c1-31-14-5-6-16(18-8-4-13-3-7-17(28)15(9-10-26)23(13)33-18)19(11-14)34-25-22(30)21(29)24(32-2)20(12-27)35-25/h3,5-7,11,18,20-22,24-30H,4,8-10,12H2,1-2H3/t18-,20+,21+,22+,24+,25+/m0/s1. The van der Waals surface area contributed by atoms with Crippen molar-refractivity contribution in [3.8, 4) is 23.0 Å². The minimum atomic E-state index is -1.44. The molecule has 4 rings (SSSR count). The maximum atomic E-state index is 10.6. The van der Waals surface area contributed by atoms with Gasteiger partial charge >= 0.3 is 0 Å². The molecule has 2 aliphatic heterocycles. The van der Waals surface area contributed by atoms with Crippen molar-refractivity contribution in [2.45, 2.75) is 56.1 Å². The monoisotopic (exact) mass is 492 g/mol. The van der Waals surface area contributed by atoms with Gasteiger partial charge in [0.15, 0.2) is 0 Å². The average molecular weight is 493 g/mol. The number of benzene rings is 2. The lowest BCUT2D eigenvalue weighted by molar-refractivity contribution is -0.282. The molecule has 35 heavy (non-hydrogen) atoms. The molecule has 192 valence electrons. The molecule has 10 heteroatoms. The van der Waals surface area contributed by atoms with E-state index in [0.717, 1.165) is 5.56 Å². The van der Waals surface area contributed by atoms with E-state index >= 15 is 0 Å². The molecule has 2 aromatic rings.